The maximum atomic E-state index is 12.9. The summed E-state index contributed by atoms with van der Waals surface area (Å²) in [5.41, 5.74) is 6.73. The third-order valence-corrected chi connectivity index (χ3v) is 2.58. The van der Waals surface area contributed by atoms with Crippen molar-refractivity contribution in [2.45, 2.75) is 38.1 Å². The summed E-state index contributed by atoms with van der Waals surface area (Å²) < 4.78 is 12.9. The highest BCUT2D eigenvalue weighted by molar-refractivity contribution is 5.14. The molecule has 1 aromatic heterocycles. The van der Waals surface area contributed by atoms with Crippen LogP contribution in [0.3, 0.4) is 0 Å². The number of hydrogen-bond donors (Lipinski definition) is 1. The van der Waals surface area contributed by atoms with E-state index in [9.17, 15) is 4.39 Å². The van der Waals surface area contributed by atoms with Gasteiger partial charge in [-0.3, -0.25) is 4.98 Å². The van der Waals surface area contributed by atoms with E-state index in [1.165, 1.54) is 12.3 Å². The molecule has 1 rings (SSSR count). The van der Waals surface area contributed by atoms with Crippen LogP contribution in [0.2, 0.25) is 0 Å². The van der Waals surface area contributed by atoms with Gasteiger partial charge in [0.05, 0.1) is 6.20 Å². The van der Waals surface area contributed by atoms with Gasteiger partial charge in [-0.2, -0.15) is 0 Å². The molecule has 0 saturated heterocycles. The van der Waals surface area contributed by atoms with Crippen LogP contribution in [0, 0.1) is 5.82 Å². The van der Waals surface area contributed by atoms with Gasteiger partial charge in [0.15, 0.2) is 0 Å². The molecule has 1 unspecified atom stereocenters. The van der Waals surface area contributed by atoms with Crippen LogP contribution in [-0.4, -0.2) is 4.98 Å². The highest BCUT2D eigenvalue weighted by atomic mass is 19.1. The Morgan fingerprint density at radius 3 is 2.88 bits per heavy atom. The van der Waals surface area contributed by atoms with Gasteiger partial charge in [-0.15, -0.1) is 6.58 Å². The van der Waals surface area contributed by atoms with Crippen LogP contribution >= 0.6 is 0 Å². The highest BCUT2D eigenvalue weighted by Crippen LogP contribution is 2.17. The quantitative estimate of drug-likeness (QED) is 0.567. The number of unbranched alkanes of at least 4 members (excludes halogenated alkanes) is 3. The third kappa shape index (κ3) is 4.53. The fraction of sp³-hybridized carbons (Fsp3) is 0.462. The molecule has 0 radical (unpaired) electrons. The van der Waals surface area contributed by atoms with Gasteiger partial charge in [0.2, 0.25) is 0 Å². The molecule has 0 aliphatic carbocycles. The number of nitrogens with zero attached hydrogens (tertiary/aromatic N) is 1. The number of aromatic nitrogens is 1. The molecule has 0 spiro atoms. The lowest BCUT2D eigenvalue weighted by Crippen LogP contribution is -2.10. The lowest BCUT2D eigenvalue weighted by molar-refractivity contribution is 0.562. The van der Waals surface area contributed by atoms with Crippen molar-refractivity contribution in [1.29, 1.82) is 0 Å². The van der Waals surface area contributed by atoms with Crippen molar-refractivity contribution in [3.05, 3.63) is 42.5 Å². The van der Waals surface area contributed by atoms with Crippen molar-refractivity contribution >= 4 is 0 Å². The SMILES string of the molecule is C=CCCCCCC(N)c1cncc(F)c1. The summed E-state index contributed by atoms with van der Waals surface area (Å²) >= 11 is 0. The van der Waals surface area contributed by atoms with E-state index < -0.39 is 0 Å². The predicted octanol–water partition coefficient (Wildman–Crippen LogP) is 3.36. The van der Waals surface area contributed by atoms with Gasteiger partial charge in [0.1, 0.15) is 5.82 Å². The van der Waals surface area contributed by atoms with Crippen LogP contribution in [0.15, 0.2) is 31.1 Å². The zero-order chi connectivity index (χ0) is 11.8. The van der Waals surface area contributed by atoms with Gasteiger partial charge in [-0.05, 0) is 30.9 Å². The molecule has 1 atom stereocenters. The van der Waals surface area contributed by atoms with Crippen LogP contribution in [0.4, 0.5) is 4.39 Å². The van der Waals surface area contributed by atoms with E-state index in [1.54, 1.807) is 6.20 Å². The van der Waals surface area contributed by atoms with E-state index in [4.69, 9.17) is 5.73 Å². The first kappa shape index (κ1) is 12.8. The van der Waals surface area contributed by atoms with E-state index in [-0.39, 0.29) is 11.9 Å². The summed E-state index contributed by atoms with van der Waals surface area (Å²) in [4.78, 5) is 3.79. The summed E-state index contributed by atoms with van der Waals surface area (Å²) in [6, 6.07) is 1.36. The van der Waals surface area contributed by atoms with Gasteiger partial charge in [0.25, 0.3) is 0 Å². The normalized spacial score (nSPS) is 12.4. The molecule has 0 aromatic carbocycles. The van der Waals surface area contributed by atoms with Crippen LogP contribution in [0.25, 0.3) is 0 Å². The number of nitrogens with two attached hydrogens (primary N) is 1. The first-order chi connectivity index (χ1) is 7.74. The second-order valence-electron chi connectivity index (χ2n) is 3.97. The van der Waals surface area contributed by atoms with Crippen LogP contribution < -0.4 is 5.73 Å². The minimum Gasteiger partial charge on any atom is -0.324 e. The Hall–Kier alpha value is -1.22. The second kappa shape index (κ2) is 7.12. The Morgan fingerprint density at radius 2 is 2.19 bits per heavy atom. The molecule has 0 aliphatic rings. The van der Waals surface area contributed by atoms with E-state index >= 15 is 0 Å². The van der Waals surface area contributed by atoms with Crippen molar-refractivity contribution < 1.29 is 4.39 Å². The summed E-state index contributed by atoms with van der Waals surface area (Å²) in [7, 11) is 0. The standard InChI is InChI=1S/C13H19FN2/c1-2-3-4-5-6-7-13(15)11-8-12(14)10-16-9-11/h2,8-10,13H,1,3-7,15H2. The van der Waals surface area contributed by atoms with Gasteiger partial charge in [-0.25, -0.2) is 4.39 Å². The monoisotopic (exact) mass is 222 g/mol. The topological polar surface area (TPSA) is 38.9 Å². The highest BCUT2D eigenvalue weighted by Gasteiger charge is 2.06. The molecular weight excluding hydrogens is 203 g/mol. The molecule has 88 valence electrons. The fourth-order valence-electron chi connectivity index (χ4n) is 1.63. The third-order valence-electron chi connectivity index (χ3n) is 2.58. The van der Waals surface area contributed by atoms with Crippen LogP contribution in [0.1, 0.15) is 43.7 Å². The Bertz CT molecular complexity index is 325. The Labute approximate surface area is 96.4 Å². The molecule has 2 nitrogen and oxygen atoms in total. The molecule has 2 N–H and O–H groups in total. The molecule has 3 heteroatoms. The molecule has 16 heavy (non-hydrogen) atoms. The summed E-state index contributed by atoms with van der Waals surface area (Å²) in [6.45, 7) is 3.68. The van der Waals surface area contributed by atoms with E-state index in [0.717, 1.165) is 37.7 Å². The van der Waals surface area contributed by atoms with Crippen molar-refractivity contribution in [1.82, 2.24) is 4.98 Å². The Kier molecular flexibility index (Phi) is 5.72. The summed E-state index contributed by atoms with van der Waals surface area (Å²) in [5.74, 6) is -0.320. The van der Waals surface area contributed by atoms with E-state index in [0.29, 0.717) is 0 Å². The maximum absolute atomic E-state index is 12.9. The smallest absolute Gasteiger partial charge is 0.141 e. The predicted molar refractivity (Wildman–Crippen MR) is 64.4 cm³/mol. The molecule has 0 fully saturated rings. The molecule has 0 aliphatic heterocycles. The first-order valence-corrected chi connectivity index (χ1v) is 5.71. The minimum absolute atomic E-state index is 0.105. The molecule has 0 saturated carbocycles. The average molecular weight is 222 g/mol. The lowest BCUT2D eigenvalue weighted by Gasteiger charge is -2.11. The number of pyridine rings is 1. The molecule has 0 bridgehead atoms. The number of allylic oxidation sites excluding steroid dienone is 1. The van der Waals surface area contributed by atoms with Gasteiger partial charge < -0.3 is 5.73 Å². The number of hydrogen-bond acceptors (Lipinski definition) is 2. The molecule has 0 amide bonds. The fourth-order valence-corrected chi connectivity index (χ4v) is 1.63. The summed E-state index contributed by atoms with van der Waals surface area (Å²) in [5, 5.41) is 0. The zero-order valence-electron chi connectivity index (χ0n) is 9.53. The molecule has 1 heterocycles. The van der Waals surface area contributed by atoms with Crippen molar-refractivity contribution in [3.63, 3.8) is 0 Å². The van der Waals surface area contributed by atoms with Gasteiger partial charge in [-0.1, -0.05) is 18.9 Å². The molecule has 1 aromatic rings. The zero-order valence-corrected chi connectivity index (χ0v) is 9.53. The van der Waals surface area contributed by atoms with Crippen LogP contribution in [-0.2, 0) is 0 Å². The van der Waals surface area contributed by atoms with Crippen LogP contribution in [0.5, 0.6) is 0 Å². The van der Waals surface area contributed by atoms with Gasteiger partial charge >= 0.3 is 0 Å². The van der Waals surface area contributed by atoms with Crippen molar-refractivity contribution in [3.8, 4) is 0 Å². The summed E-state index contributed by atoms with van der Waals surface area (Å²) in [6.07, 6.45) is 10.0. The lowest BCUT2D eigenvalue weighted by atomic mass is 10.0. The number of halogens is 1. The number of rotatable bonds is 7. The van der Waals surface area contributed by atoms with E-state index in [2.05, 4.69) is 11.6 Å². The largest absolute Gasteiger partial charge is 0.324 e. The Morgan fingerprint density at radius 1 is 1.38 bits per heavy atom. The maximum Gasteiger partial charge on any atom is 0.141 e. The van der Waals surface area contributed by atoms with Crippen molar-refractivity contribution in [2.24, 2.45) is 5.73 Å². The van der Waals surface area contributed by atoms with Gasteiger partial charge in [0, 0.05) is 12.2 Å². The van der Waals surface area contributed by atoms with Crippen molar-refractivity contribution in [2.75, 3.05) is 0 Å². The Balaban J connectivity index is 2.29. The second-order valence-corrected chi connectivity index (χ2v) is 3.97. The van der Waals surface area contributed by atoms with E-state index in [1.807, 2.05) is 6.08 Å². The average Bonchev–Trinajstić information content (AvgIpc) is 2.28. The first-order valence-electron chi connectivity index (χ1n) is 5.71. The minimum atomic E-state index is -0.320. The molecular formula is C13H19FN2.